The molecule has 1 aromatic carbocycles. The number of carboxylic acid groups (broad SMARTS) is 1. The molecule has 1 fully saturated rings. The van der Waals surface area contributed by atoms with Gasteiger partial charge in [-0.15, -0.1) is 0 Å². The van der Waals surface area contributed by atoms with Crippen LogP contribution in [0, 0.1) is 11.8 Å². The minimum absolute atomic E-state index is 0.221. The first kappa shape index (κ1) is 14.4. The van der Waals surface area contributed by atoms with Crippen molar-refractivity contribution in [2.75, 3.05) is 20.2 Å². The summed E-state index contributed by atoms with van der Waals surface area (Å²) in [6, 6.07) is 6.66. The van der Waals surface area contributed by atoms with E-state index in [1.54, 1.807) is 7.11 Å². The SMILES string of the molecule is COc1ccc2c(c1)C(N1C[C@@H](C)[C@H](C(=O)O)C1)CCC2. The fourth-order valence-electron chi connectivity index (χ4n) is 3.84. The molecule has 4 nitrogen and oxygen atoms in total. The van der Waals surface area contributed by atoms with Crippen LogP contribution in [0.3, 0.4) is 0 Å². The molecule has 1 aromatic rings. The highest BCUT2D eigenvalue weighted by Crippen LogP contribution is 2.39. The molecule has 21 heavy (non-hydrogen) atoms. The second kappa shape index (κ2) is 5.68. The number of hydrogen-bond donors (Lipinski definition) is 1. The Bertz CT molecular complexity index is 543. The fraction of sp³-hybridized carbons (Fsp3) is 0.588. The second-order valence-corrected chi connectivity index (χ2v) is 6.35. The number of rotatable bonds is 3. The largest absolute Gasteiger partial charge is 0.497 e. The number of aryl methyl sites for hydroxylation is 1. The normalized spacial score (nSPS) is 29.1. The highest BCUT2D eigenvalue weighted by atomic mass is 16.5. The van der Waals surface area contributed by atoms with Crippen molar-refractivity contribution >= 4 is 5.97 Å². The molecule has 0 bridgehead atoms. The van der Waals surface area contributed by atoms with Crippen molar-refractivity contribution < 1.29 is 14.6 Å². The molecule has 3 rings (SSSR count). The predicted octanol–water partition coefficient (Wildman–Crippen LogP) is 2.73. The summed E-state index contributed by atoms with van der Waals surface area (Å²) in [7, 11) is 1.69. The molecule has 0 amide bonds. The van der Waals surface area contributed by atoms with Crippen LogP contribution in [0.4, 0.5) is 0 Å². The van der Waals surface area contributed by atoms with E-state index >= 15 is 0 Å². The van der Waals surface area contributed by atoms with Gasteiger partial charge in [0.2, 0.25) is 0 Å². The fourth-order valence-corrected chi connectivity index (χ4v) is 3.84. The number of methoxy groups -OCH3 is 1. The average molecular weight is 289 g/mol. The van der Waals surface area contributed by atoms with Gasteiger partial charge in [-0.1, -0.05) is 13.0 Å². The van der Waals surface area contributed by atoms with Gasteiger partial charge in [-0.25, -0.2) is 0 Å². The van der Waals surface area contributed by atoms with Gasteiger partial charge in [-0.3, -0.25) is 9.69 Å². The number of benzene rings is 1. The van der Waals surface area contributed by atoms with Crippen LogP contribution < -0.4 is 4.74 Å². The number of carbonyl (C=O) groups is 1. The Morgan fingerprint density at radius 3 is 2.86 bits per heavy atom. The van der Waals surface area contributed by atoms with Crippen LogP contribution >= 0.6 is 0 Å². The lowest BCUT2D eigenvalue weighted by Crippen LogP contribution is -2.30. The van der Waals surface area contributed by atoms with E-state index in [0.717, 1.165) is 25.1 Å². The number of fused-ring (bicyclic) bond motifs is 1. The molecule has 0 saturated carbocycles. The average Bonchev–Trinajstić information content (AvgIpc) is 2.88. The van der Waals surface area contributed by atoms with Gasteiger partial charge in [-0.05, 0) is 48.4 Å². The minimum atomic E-state index is -0.660. The molecule has 0 radical (unpaired) electrons. The molecular formula is C17H23NO3. The van der Waals surface area contributed by atoms with Gasteiger partial charge in [0, 0.05) is 19.1 Å². The molecule has 4 heteroatoms. The summed E-state index contributed by atoms with van der Waals surface area (Å²) in [5.41, 5.74) is 2.72. The third-order valence-corrected chi connectivity index (χ3v) is 5.03. The number of likely N-dealkylation sites (tertiary alicyclic amines) is 1. The zero-order valence-corrected chi connectivity index (χ0v) is 12.7. The molecule has 1 aliphatic carbocycles. The van der Waals surface area contributed by atoms with E-state index < -0.39 is 5.97 Å². The zero-order chi connectivity index (χ0) is 15.0. The number of aliphatic carboxylic acids is 1. The van der Waals surface area contributed by atoms with Crippen LogP contribution in [0.1, 0.15) is 36.9 Å². The molecule has 0 spiro atoms. The van der Waals surface area contributed by atoms with Crippen LogP contribution in [0.5, 0.6) is 5.75 Å². The van der Waals surface area contributed by atoms with Crippen LogP contribution in [0.2, 0.25) is 0 Å². The number of ether oxygens (including phenoxy) is 1. The summed E-state index contributed by atoms with van der Waals surface area (Å²) in [6.07, 6.45) is 3.40. The molecule has 0 aromatic heterocycles. The maximum atomic E-state index is 11.3. The quantitative estimate of drug-likeness (QED) is 0.929. The van der Waals surface area contributed by atoms with Gasteiger partial charge in [0.05, 0.1) is 13.0 Å². The molecule has 3 atom stereocenters. The maximum absolute atomic E-state index is 11.3. The van der Waals surface area contributed by atoms with Gasteiger partial charge in [-0.2, -0.15) is 0 Å². The lowest BCUT2D eigenvalue weighted by Gasteiger charge is -2.33. The van der Waals surface area contributed by atoms with Crippen molar-refractivity contribution in [3.8, 4) is 5.75 Å². The first-order valence-electron chi connectivity index (χ1n) is 7.74. The third-order valence-electron chi connectivity index (χ3n) is 5.03. The van der Waals surface area contributed by atoms with Gasteiger partial charge in [0.25, 0.3) is 0 Å². The van der Waals surface area contributed by atoms with Crippen molar-refractivity contribution in [2.24, 2.45) is 11.8 Å². The van der Waals surface area contributed by atoms with E-state index in [-0.39, 0.29) is 11.8 Å². The molecule has 1 saturated heterocycles. The molecule has 2 aliphatic rings. The first-order chi connectivity index (χ1) is 10.1. The molecule has 1 unspecified atom stereocenters. The van der Waals surface area contributed by atoms with Gasteiger partial charge in [0.15, 0.2) is 0 Å². The summed E-state index contributed by atoms with van der Waals surface area (Å²) >= 11 is 0. The monoisotopic (exact) mass is 289 g/mol. The lowest BCUT2D eigenvalue weighted by atomic mass is 9.86. The lowest BCUT2D eigenvalue weighted by molar-refractivity contribution is -0.142. The van der Waals surface area contributed by atoms with Crippen LogP contribution in [0.25, 0.3) is 0 Å². The smallest absolute Gasteiger partial charge is 0.308 e. The molecule has 1 aliphatic heterocycles. The van der Waals surface area contributed by atoms with Gasteiger partial charge in [0.1, 0.15) is 5.75 Å². The second-order valence-electron chi connectivity index (χ2n) is 6.35. The molecule has 1 heterocycles. The highest BCUT2D eigenvalue weighted by Gasteiger charge is 2.39. The van der Waals surface area contributed by atoms with Crippen molar-refractivity contribution in [1.29, 1.82) is 0 Å². The van der Waals surface area contributed by atoms with E-state index in [4.69, 9.17) is 4.74 Å². The Balaban J connectivity index is 1.87. The van der Waals surface area contributed by atoms with Crippen molar-refractivity contribution in [3.05, 3.63) is 29.3 Å². The van der Waals surface area contributed by atoms with Crippen molar-refractivity contribution in [2.45, 2.75) is 32.2 Å². The van der Waals surface area contributed by atoms with Crippen molar-refractivity contribution in [1.82, 2.24) is 4.90 Å². The minimum Gasteiger partial charge on any atom is -0.497 e. The van der Waals surface area contributed by atoms with Crippen LogP contribution in [-0.4, -0.2) is 36.2 Å². The Labute approximate surface area is 125 Å². The highest BCUT2D eigenvalue weighted by molar-refractivity contribution is 5.71. The Morgan fingerprint density at radius 1 is 1.38 bits per heavy atom. The summed E-state index contributed by atoms with van der Waals surface area (Å²) in [5.74, 6) is 0.217. The molecular weight excluding hydrogens is 266 g/mol. The first-order valence-corrected chi connectivity index (χ1v) is 7.74. The summed E-state index contributed by atoms with van der Waals surface area (Å²) in [4.78, 5) is 13.7. The number of hydrogen-bond acceptors (Lipinski definition) is 3. The Kier molecular flexibility index (Phi) is 3.89. The van der Waals surface area contributed by atoms with E-state index in [2.05, 4.69) is 17.0 Å². The number of carboxylic acids is 1. The van der Waals surface area contributed by atoms with Crippen LogP contribution in [0.15, 0.2) is 18.2 Å². The predicted molar refractivity (Wildman–Crippen MR) is 80.5 cm³/mol. The summed E-state index contributed by atoms with van der Waals surface area (Å²) in [5, 5.41) is 9.33. The van der Waals surface area contributed by atoms with E-state index in [0.29, 0.717) is 12.6 Å². The summed E-state index contributed by atoms with van der Waals surface area (Å²) < 4.78 is 5.36. The summed E-state index contributed by atoms with van der Waals surface area (Å²) in [6.45, 7) is 3.59. The third kappa shape index (κ3) is 2.64. The van der Waals surface area contributed by atoms with E-state index in [9.17, 15) is 9.90 Å². The Hall–Kier alpha value is -1.55. The van der Waals surface area contributed by atoms with Gasteiger partial charge >= 0.3 is 5.97 Å². The maximum Gasteiger partial charge on any atom is 0.308 e. The number of nitrogens with zero attached hydrogens (tertiary/aromatic N) is 1. The van der Waals surface area contributed by atoms with E-state index in [1.807, 2.05) is 13.0 Å². The van der Waals surface area contributed by atoms with Gasteiger partial charge < -0.3 is 9.84 Å². The van der Waals surface area contributed by atoms with Crippen LogP contribution in [-0.2, 0) is 11.2 Å². The topological polar surface area (TPSA) is 49.8 Å². The van der Waals surface area contributed by atoms with Crippen molar-refractivity contribution in [3.63, 3.8) is 0 Å². The Morgan fingerprint density at radius 2 is 2.19 bits per heavy atom. The van der Waals surface area contributed by atoms with E-state index in [1.165, 1.54) is 17.5 Å². The zero-order valence-electron chi connectivity index (χ0n) is 12.7. The standard InChI is InChI=1S/C17H23NO3/c1-11-9-18(10-15(11)17(19)20)16-5-3-4-12-6-7-13(21-2)8-14(12)16/h6-8,11,15-16H,3-5,9-10H2,1-2H3,(H,19,20)/t11-,15-,16?/m1/s1. The molecule has 1 N–H and O–H groups in total. The molecule has 114 valence electrons.